The van der Waals surface area contributed by atoms with Gasteiger partial charge in [0, 0.05) is 11.1 Å². The highest BCUT2D eigenvalue weighted by molar-refractivity contribution is 7.12. The van der Waals surface area contributed by atoms with E-state index in [1.807, 2.05) is 19.2 Å². The van der Waals surface area contributed by atoms with E-state index in [0.717, 1.165) is 17.1 Å². The van der Waals surface area contributed by atoms with E-state index in [1.165, 1.54) is 11.3 Å². The number of hydrogen-bond donors (Lipinski definition) is 1. The Labute approximate surface area is 154 Å². The number of aromatic nitrogens is 3. The number of hydrogen-bond acceptors (Lipinski definition) is 5. The van der Waals surface area contributed by atoms with Crippen LogP contribution in [0.2, 0.25) is 5.02 Å². The molecule has 0 aliphatic rings. The second-order valence-corrected chi connectivity index (χ2v) is 6.69. The molecular weight excluding hydrogens is 360 g/mol. The van der Waals surface area contributed by atoms with Gasteiger partial charge in [-0.05, 0) is 38.1 Å². The maximum absolute atomic E-state index is 12.2. The highest BCUT2D eigenvalue weighted by atomic mass is 35.5. The first-order valence-corrected chi connectivity index (χ1v) is 8.84. The minimum absolute atomic E-state index is 0.131. The number of methoxy groups -OCH3 is 1. The molecule has 8 heteroatoms. The number of aryl methyl sites for hydroxylation is 1. The van der Waals surface area contributed by atoms with E-state index < -0.39 is 0 Å². The van der Waals surface area contributed by atoms with E-state index >= 15 is 0 Å². The third-order valence-corrected chi connectivity index (χ3v) is 5.05. The monoisotopic (exact) mass is 376 g/mol. The summed E-state index contributed by atoms with van der Waals surface area (Å²) in [6.07, 6.45) is 0.190. The van der Waals surface area contributed by atoms with Gasteiger partial charge in [-0.25, -0.2) is 9.67 Å². The van der Waals surface area contributed by atoms with Crippen molar-refractivity contribution in [2.75, 3.05) is 12.4 Å². The molecule has 0 spiro atoms. The van der Waals surface area contributed by atoms with Gasteiger partial charge in [-0.1, -0.05) is 11.6 Å². The summed E-state index contributed by atoms with van der Waals surface area (Å²) in [5, 5.41) is 10.4. The molecule has 0 radical (unpaired) electrons. The van der Waals surface area contributed by atoms with E-state index in [-0.39, 0.29) is 12.3 Å². The summed E-state index contributed by atoms with van der Waals surface area (Å²) < 4.78 is 6.80. The van der Waals surface area contributed by atoms with Crippen molar-refractivity contribution in [3.05, 3.63) is 51.7 Å². The lowest BCUT2D eigenvalue weighted by Gasteiger charge is -2.05. The van der Waals surface area contributed by atoms with Gasteiger partial charge in [0.1, 0.15) is 5.75 Å². The van der Waals surface area contributed by atoms with Crippen molar-refractivity contribution in [3.63, 3.8) is 0 Å². The van der Waals surface area contributed by atoms with Crippen molar-refractivity contribution in [2.45, 2.75) is 20.3 Å². The van der Waals surface area contributed by atoms with Gasteiger partial charge in [0.25, 0.3) is 0 Å². The summed E-state index contributed by atoms with van der Waals surface area (Å²) in [5.41, 5.74) is 3.00. The molecule has 0 saturated heterocycles. The molecule has 0 aliphatic heterocycles. The molecule has 1 aromatic carbocycles. The maximum atomic E-state index is 12.2. The Morgan fingerprint density at radius 2 is 2.04 bits per heavy atom. The van der Waals surface area contributed by atoms with E-state index in [4.69, 9.17) is 16.3 Å². The number of thiazole rings is 1. The lowest BCUT2D eigenvalue weighted by atomic mass is 10.2. The van der Waals surface area contributed by atoms with Crippen LogP contribution in [-0.4, -0.2) is 27.8 Å². The zero-order valence-electron chi connectivity index (χ0n) is 14.0. The summed E-state index contributed by atoms with van der Waals surface area (Å²) in [4.78, 5) is 16.7. The van der Waals surface area contributed by atoms with Crippen LogP contribution in [0, 0.1) is 13.8 Å². The SMILES string of the molecule is COc1ccc(NC(=O)Cc2csc(-n3nc(C)c(Cl)c3C)n2)cc1. The van der Waals surface area contributed by atoms with Crippen molar-refractivity contribution in [3.8, 4) is 10.9 Å². The van der Waals surface area contributed by atoms with Crippen LogP contribution in [0.3, 0.4) is 0 Å². The van der Waals surface area contributed by atoms with E-state index in [9.17, 15) is 4.79 Å². The number of carbonyl (C=O) groups excluding carboxylic acids is 1. The Kier molecular flexibility index (Phi) is 5.06. The molecule has 6 nitrogen and oxygen atoms in total. The van der Waals surface area contributed by atoms with Gasteiger partial charge in [0.15, 0.2) is 0 Å². The van der Waals surface area contributed by atoms with Crippen LogP contribution in [0.5, 0.6) is 5.75 Å². The standard InChI is InChI=1S/C17H17ClN4O2S/c1-10-16(18)11(2)22(21-10)17-20-13(9-25-17)8-15(23)19-12-4-6-14(24-3)7-5-12/h4-7,9H,8H2,1-3H3,(H,19,23). The predicted molar refractivity (Wildman–Crippen MR) is 99.0 cm³/mol. The molecule has 2 aromatic heterocycles. The highest BCUT2D eigenvalue weighted by Crippen LogP contribution is 2.24. The van der Waals surface area contributed by atoms with Crippen LogP contribution in [0.25, 0.3) is 5.13 Å². The lowest BCUT2D eigenvalue weighted by Crippen LogP contribution is -2.14. The van der Waals surface area contributed by atoms with Gasteiger partial charge in [-0.3, -0.25) is 4.79 Å². The Morgan fingerprint density at radius 3 is 2.64 bits per heavy atom. The third kappa shape index (κ3) is 3.83. The fourth-order valence-corrected chi connectivity index (χ4v) is 3.27. The minimum atomic E-state index is -0.131. The van der Waals surface area contributed by atoms with Crippen LogP contribution >= 0.6 is 22.9 Å². The largest absolute Gasteiger partial charge is 0.497 e. The number of nitrogens with zero attached hydrogens (tertiary/aromatic N) is 3. The lowest BCUT2D eigenvalue weighted by molar-refractivity contribution is -0.115. The Balaban J connectivity index is 1.68. The molecule has 3 rings (SSSR count). The quantitative estimate of drug-likeness (QED) is 0.735. The van der Waals surface area contributed by atoms with Gasteiger partial charge in [0.05, 0.1) is 35.6 Å². The van der Waals surface area contributed by atoms with Crippen LogP contribution in [0.1, 0.15) is 17.1 Å². The zero-order chi connectivity index (χ0) is 18.0. The summed E-state index contributed by atoms with van der Waals surface area (Å²) in [5.74, 6) is 0.610. The smallest absolute Gasteiger partial charge is 0.230 e. The summed E-state index contributed by atoms with van der Waals surface area (Å²) >= 11 is 7.60. The third-order valence-electron chi connectivity index (χ3n) is 3.64. The second kappa shape index (κ2) is 7.25. The molecule has 0 aliphatic carbocycles. The number of nitrogens with one attached hydrogen (secondary N) is 1. The van der Waals surface area contributed by atoms with Gasteiger partial charge in [-0.15, -0.1) is 11.3 Å². The van der Waals surface area contributed by atoms with E-state index in [2.05, 4.69) is 15.4 Å². The number of ether oxygens (including phenoxy) is 1. The van der Waals surface area contributed by atoms with E-state index in [0.29, 0.717) is 21.5 Å². The summed E-state index contributed by atoms with van der Waals surface area (Å²) in [6, 6.07) is 7.18. The molecule has 0 fully saturated rings. The van der Waals surface area contributed by atoms with Crippen LogP contribution in [0.15, 0.2) is 29.6 Å². The average Bonchev–Trinajstić information content (AvgIpc) is 3.15. The molecular formula is C17H17ClN4O2S. The minimum Gasteiger partial charge on any atom is -0.497 e. The molecule has 0 bridgehead atoms. The average molecular weight is 377 g/mol. The highest BCUT2D eigenvalue weighted by Gasteiger charge is 2.15. The molecule has 1 amide bonds. The molecule has 25 heavy (non-hydrogen) atoms. The van der Waals surface area contributed by atoms with Gasteiger partial charge >= 0.3 is 0 Å². The van der Waals surface area contributed by atoms with Crippen molar-refractivity contribution in [2.24, 2.45) is 0 Å². The second-order valence-electron chi connectivity index (χ2n) is 5.47. The van der Waals surface area contributed by atoms with Crippen molar-refractivity contribution < 1.29 is 9.53 Å². The number of halogens is 1. The normalized spacial score (nSPS) is 10.7. The van der Waals surface area contributed by atoms with Crippen LogP contribution in [-0.2, 0) is 11.2 Å². The van der Waals surface area contributed by atoms with Crippen molar-refractivity contribution in [1.29, 1.82) is 0 Å². The predicted octanol–water partition coefficient (Wildman–Crippen LogP) is 3.79. The molecule has 1 N–H and O–H groups in total. The fraction of sp³-hybridized carbons (Fsp3) is 0.235. The molecule has 0 atom stereocenters. The molecule has 0 saturated carbocycles. The van der Waals surface area contributed by atoms with Gasteiger partial charge in [0.2, 0.25) is 11.0 Å². The van der Waals surface area contributed by atoms with Crippen LogP contribution in [0.4, 0.5) is 5.69 Å². The number of benzene rings is 1. The topological polar surface area (TPSA) is 69.0 Å². The molecule has 2 heterocycles. The first-order valence-electron chi connectivity index (χ1n) is 7.58. The van der Waals surface area contributed by atoms with Crippen molar-refractivity contribution in [1.82, 2.24) is 14.8 Å². The van der Waals surface area contributed by atoms with Gasteiger partial charge in [-0.2, -0.15) is 5.10 Å². The number of rotatable bonds is 5. The maximum Gasteiger partial charge on any atom is 0.230 e. The molecule has 0 unspecified atom stereocenters. The fourth-order valence-electron chi connectivity index (χ4n) is 2.33. The number of anilines is 1. The Morgan fingerprint density at radius 1 is 1.32 bits per heavy atom. The summed E-state index contributed by atoms with van der Waals surface area (Å²) in [7, 11) is 1.60. The number of carbonyl (C=O) groups is 1. The Bertz CT molecular complexity index is 902. The first-order chi connectivity index (χ1) is 12.0. The van der Waals surface area contributed by atoms with Crippen molar-refractivity contribution >= 4 is 34.5 Å². The number of amides is 1. The zero-order valence-corrected chi connectivity index (χ0v) is 15.6. The van der Waals surface area contributed by atoms with Gasteiger partial charge < -0.3 is 10.1 Å². The van der Waals surface area contributed by atoms with E-state index in [1.54, 1.807) is 36.1 Å². The first kappa shape index (κ1) is 17.4. The molecule has 3 aromatic rings. The Hall–Kier alpha value is -2.38. The van der Waals surface area contributed by atoms with Crippen LogP contribution < -0.4 is 10.1 Å². The molecule has 130 valence electrons. The summed E-state index contributed by atoms with van der Waals surface area (Å²) in [6.45, 7) is 3.74.